The van der Waals surface area contributed by atoms with E-state index >= 15 is 0 Å². The summed E-state index contributed by atoms with van der Waals surface area (Å²) in [5, 5.41) is 0. The van der Waals surface area contributed by atoms with Crippen LogP contribution in [0.4, 0.5) is 11.8 Å². The van der Waals surface area contributed by atoms with E-state index < -0.39 is 0 Å². The fourth-order valence-corrected chi connectivity index (χ4v) is 1.57. The summed E-state index contributed by atoms with van der Waals surface area (Å²) in [7, 11) is 0. The molecule has 2 aromatic heterocycles. The van der Waals surface area contributed by atoms with Gasteiger partial charge in [-0.15, -0.1) is 0 Å². The van der Waals surface area contributed by atoms with E-state index in [0.29, 0.717) is 6.67 Å². The molecule has 0 radical (unpaired) electrons. The van der Waals surface area contributed by atoms with Crippen molar-refractivity contribution in [3.63, 3.8) is 0 Å². The molecule has 0 bridgehead atoms. The number of hydrogen-bond acceptors (Lipinski definition) is 4. The molecule has 1 aliphatic rings. The Morgan fingerprint density at radius 2 is 1.40 bits per heavy atom. The molecule has 0 saturated heterocycles. The van der Waals surface area contributed by atoms with Crippen molar-refractivity contribution in [1.82, 2.24) is 0 Å². The maximum absolute atomic E-state index is 5.30. The summed E-state index contributed by atoms with van der Waals surface area (Å²) >= 11 is 0. The molecule has 0 amide bonds. The highest BCUT2D eigenvalue weighted by Crippen LogP contribution is 2.24. The maximum Gasteiger partial charge on any atom is 0.200 e. The molecule has 0 spiro atoms. The summed E-state index contributed by atoms with van der Waals surface area (Å²) in [4.78, 5) is 4.00. The number of rotatable bonds is 2. The molecule has 4 nitrogen and oxygen atoms in total. The molecule has 0 aromatic carbocycles. The standard InChI is InChI=1S/C11H10N2O2/c1-3-10(14-7-1)12-5-6-13(9-12)11-4-2-8-15-11/h1-8H,9H2. The lowest BCUT2D eigenvalue weighted by Crippen LogP contribution is -2.23. The number of furan rings is 2. The van der Waals surface area contributed by atoms with Crippen LogP contribution in [-0.2, 0) is 0 Å². The van der Waals surface area contributed by atoms with Crippen molar-refractivity contribution in [1.29, 1.82) is 0 Å². The minimum atomic E-state index is 0.709. The summed E-state index contributed by atoms with van der Waals surface area (Å²) in [5.74, 6) is 1.67. The Labute approximate surface area is 87.0 Å². The molecule has 15 heavy (non-hydrogen) atoms. The normalized spacial score (nSPS) is 15.2. The van der Waals surface area contributed by atoms with Gasteiger partial charge >= 0.3 is 0 Å². The topological polar surface area (TPSA) is 32.8 Å². The lowest BCUT2D eigenvalue weighted by Gasteiger charge is -2.16. The lowest BCUT2D eigenvalue weighted by molar-refractivity contribution is 0.550. The highest BCUT2D eigenvalue weighted by atomic mass is 16.4. The van der Waals surface area contributed by atoms with Gasteiger partial charge in [-0.25, -0.2) is 0 Å². The van der Waals surface area contributed by atoms with Gasteiger partial charge in [0, 0.05) is 24.5 Å². The molecular formula is C11H10N2O2. The second kappa shape index (κ2) is 3.24. The van der Waals surface area contributed by atoms with E-state index in [1.165, 1.54) is 0 Å². The molecule has 0 N–H and O–H groups in total. The third-order valence-electron chi connectivity index (χ3n) is 2.31. The molecule has 0 saturated carbocycles. The van der Waals surface area contributed by atoms with Crippen molar-refractivity contribution >= 4 is 11.8 Å². The monoisotopic (exact) mass is 202 g/mol. The Hall–Kier alpha value is -2.10. The molecule has 76 valence electrons. The van der Waals surface area contributed by atoms with Gasteiger partial charge in [-0.3, -0.25) is 9.80 Å². The molecule has 4 heteroatoms. The van der Waals surface area contributed by atoms with Crippen molar-refractivity contribution in [3.8, 4) is 0 Å². The van der Waals surface area contributed by atoms with Gasteiger partial charge in [-0.05, 0) is 12.1 Å². The molecule has 0 fully saturated rings. The van der Waals surface area contributed by atoms with Crippen molar-refractivity contribution in [2.75, 3.05) is 16.5 Å². The Balaban J connectivity index is 1.78. The van der Waals surface area contributed by atoms with Crippen LogP contribution in [0.1, 0.15) is 0 Å². The SMILES string of the molecule is C1=CN(c2ccco2)CN1c1ccco1. The largest absolute Gasteiger partial charge is 0.448 e. The van der Waals surface area contributed by atoms with E-state index in [9.17, 15) is 0 Å². The van der Waals surface area contributed by atoms with Gasteiger partial charge in [0.2, 0.25) is 11.8 Å². The van der Waals surface area contributed by atoms with Gasteiger partial charge in [0.25, 0.3) is 0 Å². The molecule has 3 heterocycles. The summed E-state index contributed by atoms with van der Waals surface area (Å²) in [6.07, 6.45) is 7.25. The van der Waals surface area contributed by atoms with Gasteiger partial charge in [0.05, 0.1) is 12.5 Å². The summed E-state index contributed by atoms with van der Waals surface area (Å²) < 4.78 is 10.6. The van der Waals surface area contributed by atoms with Crippen LogP contribution in [-0.4, -0.2) is 6.67 Å². The highest BCUT2D eigenvalue weighted by molar-refractivity contribution is 5.50. The Morgan fingerprint density at radius 3 is 1.80 bits per heavy atom. The average Bonchev–Trinajstić information content (AvgIpc) is 3.02. The minimum absolute atomic E-state index is 0.709. The summed E-state index contributed by atoms with van der Waals surface area (Å²) in [6, 6.07) is 7.60. The van der Waals surface area contributed by atoms with Crippen LogP contribution in [0.25, 0.3) is 0 Å². The third-order valence-corrected chi connectivity index (χ3v) is 2.31. The van der Waals surface area contributed by atoms with Crippen molar-refractivity contribution in [2.24, 2.45) is 0 Å². The predicted octanol–water partition coefficient (Wildman–Crippen LogP) is 2.63. The van der Waals surface area contributed by atoms with E-state index in [0.717, 1.165) is 11.8 Å². The van der Waals surface area contributed by atoms with Crippen molar-refractivity contribution in [2.45, 2.75) is 0 Å². The van der Waals surface area contributed by atoms with Gasteiger partial charge in [-0.2, -0.15) is 0 Å². The Kier molecular flexibility index (Phi) is 1.78. The zero-order chi connectivity index (χ0) is 10.1. The van der Waals surface area contributed by atoms with Gasteiger partial charge in [0.15, 0.2) is 0 Å². The number of hydrogen-bond donors (Lipinski definition) is 0. The van der Waals surface area contributed by atoms with Gasteiger partial charge in [-0.1, -0.05) is 0 Å². The van der Waals surface area contributed by atoms with Crippen LogP contribution in [0.3, 0.4) is 0 Å². The van der Waals surface area contributed by atoms with E-state index in [1.807, 2.05) is 46.5 Å². The lowest BCUT2D eigenvalue weighted by atomic mass is 10.5. The molecule has 0 unspecified atom stereocenters. The van der Waals surface area contributed by atoms with E-state index in [4.69, 9.17) is 8.83 Å². The first kappa shape index (κ1) is 8.23. The molecular weight excluding hydrogens is 192 g/mol. The molecule has 0 aliphatic carbocycles. The van der Waals surface area contributed by atoms with E-state index in [2.05, 4.69) is 0 Å². The maximum atomic E-state index is 5.30. The summed E-state index contributed by atoms with van der Waals surface area (Å²) in [5.41, 5.74) is 0. The van der Waals surface area contributed by atoms with Gasteiger partial charge in [0.1, 0.15) is 6.67 Å². The highest BCUT2D eigenvalue weighted by Gasteiger charge is 2.18. The van der Waals surface area contributed by atoms with Gasteiger partial charge < -0.3 is 8.83 Å². The fourth-order valence-electron chi connectivity index (χ4n) is 1.57. The van der Waals surface area contributed by atoms with Crippen molar-refractivity contribution in [3.05, 3.63) is 49.2 Å². The zero-order valence-corrected chi connectivity index (χ0v) is 8.04. The summed E-state index contributed by atoms with van der Waals surface area (Å²) in [6.45, 7) is 0.709. The van der Waals surface area contributed by atoms with Crippen LogP contribution >= 0.6 is 0 Å². The molecule has 1 aliphatic heterocycles. The minimum Gasteiger partial charge on any atom is -0.448 e. The Morgan fingerprint density at radius 1 is 0.867 bits per heavy atom. The molecule has 2 aromatic rings. The van der Waals surface area contributed by atoms with Crippen LogP contribution < -0.4 is 9.80 Å². The first-order chi connectivity index (χ1) is 7.43. The van der Waals surface area contributed by atoms with Crippen LogP contribution in [0.2, 0.25) is 0 Å². The first-order valence-electron chi connectivity index (χ1n) is 4.72. The number of anilines is 2. The quantitative estimate of drug-likeness (QED) is 0.749. The van der Waals surface area contributed by atoms with E-state index in [-0.39, 0.29) is 0 Å². The third kappa shape index (κ3) is 1.40. The molecule has 0 atom stereocenters. The molecule has 3 rings (SSSR count). The fraction of sp³-hybridized carbons (Fsp3) is 0.0909. The smallest absolute Gasteiger partial charge is 0.200 e. The van der Waals surface area contributed by atoms with Crippen molar-refractivity contribution < 1.29 is 8.83 Å². The first-order valence-corrected chi connectivity index (χ1v) is 4.72. The average molecular weight is 202 g/mol. The second-order valence-electron chi connectivity index (χ2n) is 3.28. The second-order valence-corrected chi connectivity index (χ2v) is 3.28. The van der Waals surface area contributed by atoms with Crippen LogP contribution in [0, 0.1) is 0 Å². The van der Waals surface area contributed by atoms with Crippen LogP contribution in [0.15, 0.2) is 58.0 Å². The zero-order valence-electron chi connectivity index (χ0n) is 8.04. The van der Waals surface area contributed by atoms with Crippen LogP contribution in [0.5, 0.6) is 0 Å². The number of nitrogens with zero attached hydrogens (tertiary/aromatic N) is 2. The van der Waals surface area contributed by atoms with E-state index in [1.54, 1.807) is 12.5 Å². The predicted molar refractivity (Wildman–Crippen MR) is 56.4 cm³/mol. The Bertz CT molecular complexity index is 403.